The summed E-state index contributed by atoms with van der Waals surface area (Å²) < 4.78 is 5.71. The number of piperidine rings is 1. The van der Waals surface area contributed by atoms with Gasteiger partial charge in [-0.1, -0.05) is 18.2 Å². The molecular formula is C18H20N2O2S. The fourth-order valence-corrected chi connectivity index (χ4v) is 4.43. The van der Waals surface area contributed by atoms with E-state index in [1.165, 1.54) is 6.42 Å². The van der Waals surface area contributed by atoms with Crippen molar-refractivity contribution in [1.29, 1.82) is 0 Å². The van der Waals surface area contributed by atoms with Crippen molar-refractivity contribution < 1.29 is 9.53 Å². The largest absolute Gasteiger partial charge is 0.493 e. The third-order valence-electron chi connectivity index (χ3n) is 4.78. The first kappa shape index (κ1) is 14.7. The average molecular weight is 328 g/mol. The standard InChI is InChI=1S/C18H20N2O2S/c21-18(14-8-11-22-16-7-2-1-5-13(14)16)20-10-4-3-6-15(20)17-19-9-12-23-17/h1-2,5,7,9,12,14-15H,3-4,6,8,10-11H2/t14-,15+/m1/s1. The second-order valence-electron chi connectivity index (χ2n) is 6.14. The summed E-state index contributed by atoms with van der Waals surface area (Å²) in [6, 6.07) is 8.09. The quantitative estimate of drug-likeness (QED) is 0.843. The number of thiazole rings is 1. The minimum Gasteiger partial charge on any atom is -0.493 e. The number of carbonyl (C=O) groups is 1. The smallest absolute Gasteiger partial charge is 0.230 e. The summed E-state index contributed by atoms with van der Waals surface area (Å²) in [4.78, 5) is 19.8. The highest BCUT2D eigenvalue weighted by molar-refractivity contribution is 7.09. The van der Waals surface area contributed by atoms with Gasteiger partial charge in [0.2, 0.25) is 5.91 Å². The molecule has 0 radical (unpaired) electrons. The third-order valence-corrected chi connectivity index (χ3v) is 5.66. The number of fused-ring (bicyclic) bond motifs is 1. The Hall–Kier alpha value is -1.88. The fraction of sp³-hybridized carbons (Fsp3) is 0.444. The molecule has 23 heavy (non-hydrogen) atoms. The van der Waals surface area contributed by atoms with Gasteiger partial charge in [-0.2, -0.15) is 0 Å². The highest BCUT2D eigenvalue weighted by Crippen LogP contribution is 2.39. The lowest BCUT2D eigenvalue weighted by Crippen LogP contribution is -2.42. The van der Waals surface area contributed by atoms with Crippen molar-refractivity contribution >= 4 is 17.2 Å². The summed E-state index contributed by atoms with van der Waals surface area (Å²) in [5, 5.41) is 3.06. The van der Waals surface area contributed by atoms with Crippen LogP contribution in [0.1, 0.15) is 48.2 Å². The zero-order chi connectivity index (χ0) is 15.6. The van der Waals surface area contributed by atoms with E-state index in [0.29, 0.717) is 6.61 Å². The van der Waals surface area contributed by atoms with Gasteiger partial charge in [-0.05, 0) is 31.7 Å². The lowest BCUT2D eigenvalue weighted by molar-refractivity contribution is -0.137. The van der Waals surface area contributed by atoms with Gasteiger partial charge >= 0.3 is 0 Å². The zero-order valence-corrected chi connectivity index (χ0v) is 13.8. The molecule has 1 aromatic carbocycles. The van der Waals surface area contributed by atoms with Crippen molar-refractivity contribution in [3.05, 3.63) is 46.4 Å². The van der Waals surface area contributed by atoms with Crippen LogP contribution in [0.4, 0.5) is 0 Å². The van der Waals surface area contributed by atoms with Crippen molar-refractivity contribution in [2.45, 2.75) is 37.6 Å². The van der Waals surface area contributed by atoms with Crippen LogP contribution in [-0.2, 0) is 4.79 Å². The highest BCUT2D eigenvalue weighted by atomic mass is 32.1. The van der Waals surface area contributed by atoms with Crippen LogP contribution in [0.25, 0.3) is 0 Å². The van der Waals surface area contributed by atoms with Crippen LogP contribution in [0.3, 0.4) is 0 Å². The van der Waals surface area contributed by atoms with E-state index in [1.54, 1.807) is 11.3 Å². The maximum atomic E-state index is 13.3. The number of aromatic nitrogens is 1. The molecule has 4 nitrogen and oxygen atoms in total. The Labute approximate surface area is 140 Å². The number of hydrogen-bond acceptors (Lipinski definition) is 4. The number of para-hydroxylation sites is 1. The molecule has 0 aliphatic carbocycles. The van der Waals surface area contributed by atoms with E-state index in [-0.39, 0.29) is 17.9 Å². The summed E-state index contributed by atoms with van der Waals surface area (Å²) in [5.74, 6) is 1.01. The van der Waals surface area contributed by atoms with Crippen molar-refractivity contribution in [1.82, 2.24) is 9.88 Å². The third kappa shape index (κ3) is 2.74. The van der Waals surface area contributed by atoms with Crippen molar-refractivity contribution in [3.8, 4) is 5.75 Å². The Morgan fingerprint density at radius 1 is 1.26 bits per heavy atom. The van der Waals surface area contributed by atoms with Crippen LogP contribution in [0.15, 0.2) is 35.8 Å². The van der Waals surface area contributed by atoms with E-state index in [1.807, 2.05) is 35.8 Å². The van der Waals surface area contributed by atoms with Gasteiger partial charge in [0.1, 0.15) is 10.8 Å². The van der Waals surface area contributed by atoms with E-state index in [4.69, 9.17) is 4.74 Å². The molecule has 0 saturated carbocycles. The molecule has 2 aliphatic rings. The van der Waals surface area contributed by atoms with E-state index in [9.17, 15) is 4.79 Å². The molecule has 4 rings (SSSR count). The normalized spacial score (nSPS) is 23.9. The van der Waals surface area contributed by atoms with E-state index in [2.05, 4.69) is 9.88 Å². The summed E-state index contributed by atoms with van der Waals surface area (Å²) in [5.41, 5.74) is 1.03. The van der Waals surface area contributed by atoms with Gasteiger partial charge in [0.05, 0.1) is 18.6 Å². The van der Waals surface area contributed by atoms with Gasteiger partial charge in [-0.25, -0.2) is 4.98 Å². The number of nitrogens with zero attached hydrogens (tertiary/aromatic N) is 2. The molecule has 120 valence electrons. The van der Waals surface area contributed by atoms with Crippen LogP contribution in [0.5, 0.6) is 5.75 Å². The van der Waals surface area contributed by atoms with E-state index >= 15 is 0 Å². The van der Waals surface area contributed by atoms with E-state index in [0.717, 1.165) is 42.1 Å². The molecule has 5 heteroatoms. The molecule has 1 amide bonds. The van der Waals surface area contributed by atoms with Gasteiger partial charge < -0.3 is 9.64 Å². The second kappa shape index (κ2) is 6.32. The van der Waals surface area contributed by atoms with E-state index < -0.39 is 0 Å². The minimum absolute atomic E-state index is 0.0829. The molecule has 3 heterocycles. The fourth-order valence-electron chi connectivity index (χ4n) is 3.65. The van der Waals surface area contributed by atoms with Crippen molar-refractivity contribution in [2.24, 2.45) is 0 Å². The first-order valence-electron chi connectivity index (χ1n) is 8.26. The molecule has 0 spiro atoms. The average Bonchev–Trinajstić information content (AvgIpc) is 3.15. The number of carbonyl (C=O) groups excluding carboxylic acids is 1. The molecule has 1 saturated heterocycles. The number of ether oxygens (including phenoxy) is 1. The van der Waals surface area contributed by atoms with Gasteiger partial charge in [0.25, 0.3) is 0 Å². The topological polar surface area (TPSA) is 42.4 Å². The predicted octanol–water partition coefficient (Wildman–Crippen LogP) is 3.76. The molecule has 0 bridgehead atoms. The number of hydrogen-bond donors (Lipinski definition) is 0. The summed E-state index contributed by atoms with van der Waals surface area (Å²) in [6.45, 7) is 1.45. The number of rotatable bonds is 2. The molecule has 1 fully saturated rings. The van der Waals surface area contributed by atoms with Gasteiger partial charge in [-0.3, -0.25) is 4.79 Å². The maximum Gasteiger partial charge on any atom is 0.230 e. The van der Waals surface area contributed by atoms with Gasteiger partial charge in [0, 0.05) is 23.7 Å². The summed E-state index contributed by atoms with van der Waals surface area (Å²) in [7, 11) is 0. The van der Waals surface area contributed by atoms with Crippen LogP contribution in [0.2, 0.25) is 0 Å². The maximum absolute atomic E-state index is 13.3. The van der Waals surface area contributed by atoms with Crippen LogP contribution >= 0.6 is 11.3 Å². The Bertz CT molecular complexity index is 686. The Balaban J connectivity index is 1.63. The highest BCUT2D eigenvalue weighted by Gasteiger charge is 2.36. The Morgan fingerprint density at radius 3 is 3.04 bits per heavy atom. The monoisotopic (exact) mass is 328 g/mol. The number of amides is 1. The molecule has 0 N–H and O–H groups in total. The van der Waals surface area contributed by atoms with Gasteiger partial charge in [0.15, 0.2) is 0 Å². The summed E-state index contributed by atoms with van der Waals surface area (Å²) in [6.07, 6.45) is 5.86. The molecule has 1 aromatic heterocycles. The molecule has 0 unspecified atom stereocenters. The van der Waals surface area contributed by atoms with Crippen LogP contribution in [-0.4, -0.2) is 28.9 Å². The lowest BCUT2D eigenvalue weighted by Gasteiger charge is -2.38. The van der Waals surface area contributed by atoms with Crippen molar-refractivity contribution in [3.63, 3.8) is 0 Å². The first-order valence-corrected chi connectivity index (χ1v) is 9.14. The zero-order valence-electron chi connectivity index (χ0n) is 13.0. The second-order valence-corrected chi connectivity index (χ2v) is 7.07. The van der Waals surface area contributed by atoms with Gasteiger partial charge in [-0.15, -0.1) is 11.3 Å². The Kier molecular flexibility index (Phi) is 4.04. The van der Waals surface area contributed by atoms with Crippen LogP contribution in [0, 0.1) is 0 Å². The SMILES string of the molecule is O=C([C@@H]1CCOc2ccccc21)N1CCCC[C@H]1c1nccs1. The Morgan fingerprint density at radius 2 is 2.17 bits per heavy atom. The predicted molar refractivity (Wildman–Crippen MR) is 89.7 cm³/mol. The molecular weight excluding hydrogens is 308 g/mol. The number of benzene rings is 1. The van der Waals surface area contributed by atoms with Crippen LogP contribution < -0.4 is 4.74 Å². The lowest BCUT2D eigenvalue weighted by atomic mass is 9.90. The minimum atomic E-state index is -0.0829. The molecule has 2 atom stereocenters. The number of likely N-dealkylation sites (tertiary alicyclic amines) is 1. The first-order chi connectivity index (χ1) is 11.3. The van der Waals surface area contributed by atoms with Crippen molar-refractivity contribution in [2.75, 3.05) is 13.2 Å². The molecule has 2 aromatic rings. The molecule has 2 aliphatic heterocycles. The summed E-state index contributed by atoms with van der Waals surface area (Å²) >= 11 is 1.65.